The maximum Gasteiger partial charge on any atom is 0.308 e. The van der Waals surface area contributed by atoms with E-state index in [0.717, 1.165) is 54.8 Å². The smallest absolute Gasteiger partial charge is 0.308 e. The zero-order valence-electron chi connectivity index (χ0n) is 22.1. The van der Waals surface area contributed by atoms with Crippen LogP contribution >= 0.6 is 0 Å². The molecule has 182 valence electrons. The summed E-state index contributed by atoms with van der Waals surface area (Å²) < 4.78 is 5.95. The second-order valence-electron chi connectivity index (χ2n) is 13.2. The minimum absolute atomic E-state index is 0.0105. The Morgan fingerprint density at radius 3 is 2.50 bits per heavy atom. The van der Waals surface area contributed by atoms with E-state index in [9.17, 15) is 4.79 Å². The lowest BCUT2D eigenvalue weighted by Crippen LogP contribution is -2.51. The van der Waals surface area contributed by atoms with Gasteiger partial charge in [0.05, 0.1) is 5.92 Å². The van der Waals surface area contributed by atoms with Gasteiger partial charge in [-0.3, -0.25) is 4.79 Å². The molecule has 0 saturated heterocycles. The molecule has 0 amide bonds. The number of hydrogen-bond donors (Lipinski definition) is 0. The molecule has 0 heterocycles. The van der Waals surface area contributed by atoms with Gasteiger partial charge < -0.3 is 4.74 Å². The minimum atomic E-state index is 0.0105. The van der Waals surface area contributed by atoms with Crippen molar-refractivity contribution < 1.29 is 9.53 Å². The molecule has 2 nitrogen and oxygen atoms in total. The van der Waals surface area contributed by atoms with E-state index < -0.39 is 0 Å². The molecule has 9 unspecified atom stereocenters. The fourth-order valence-corrected chi connectivity index (χ4v) is 9.06. The lowest BCUT2D eigenvalue weighted by atomic mass is 9.47. The van der Waals surface area contributed by atoms with E-state index in [2.05, 4.69) is 47.6 Å². The molecule has 4 rings (SSSR count). The molecule has 0 aromatic heterocycles. The highest BCUT2D eigenvalue weighted by Gasteiger charge is 2.59. The van der Waals surface area contributed by atoms with Gasteiger partial charge in [-0.1, -0.05) is 60.1 Å². The molecule has 4 aliphatic rings. The second-order valence-corrected chi connectivity index (χ2v) is 13.2. The van der Waals surface area contributed by atoms with E-state index in [1.54, 1.807) is 5.57 Å². The third-order valence-electron chi connectivity index (χ3n) is 11.0. The van der Waals surface area contributed by atoms with Crippen LogP contribution in [-0.4, -0.2) is 12.1 Å². The van der Waals surface area contributed by atoms with Gasteiger partial charge in [-0.25, -0.2) is 0 Å². The summed E-state index contributed by atoms with van der Waals surface area (Å²) in [6, 6.07) is 0. The predicted octanol–water partition coefficient (Wildman–Crippen LogP) is 8.21. The van der Waals surface area contributed by atoms with Crippen LogP contribution in [0.5, 0.6) is 0 Å². The highest BCUT2D eigenvalue weighted by molar-refractivity contribution is 5.72. The summed E-state index contributed by atoms with van der Waals surface area (Å²) in [6.45, 7) is 16.7. The molecule has 0 N–H and O–H groups in total. The number of ether oxygens (including phenoxy) is 1. The number of rotatable bonds is 6. The Kier molecular flexibility index (Phi) is 6.92. The van der Waals surface area contributed by atoms with Crippen molar-refractivity contribution in [3.63, 3.8) is 0 Å². The molecular formula is C30H50O2. The van der Waals surface area contributed by atoms with E-state index in [-0.39, 0.29) is 18.0 Å². The summed E-state index contributed by atoms with van der Waals surface area (Å²) in [6.07, 6.45) is 15.2. The maximum atomic E-state index is 12.4. The Morgan fingerprint density at radius 2 is 1.81 bits per heavy atom. The number of esters is 1. The van der Waals surface area contributed by atoms with E-state index in [1.807, 2.05) is 6.92 Å². The zero-order chi connectivity index (χ0) is 23.3. The number of carbonyl (C=O) groups is 1. The van der Waals surface area contributed by atoms with Crippen LogP contribution in [-0.2, 0) is 9.53 Å². The number of hydrogen-bond acceptors (Lipinski definition) is 2. The van der Waals surface area contributed by atoms with E-state index >= 15 is 0 Å². The zero-order valence-corrected chi connectivity index (χ0v) is 22.1. The summed E-state index contributed by atoms with van der Waals surface area (Å²) in [5.74, 6) is 5.26. The Labute approximate surface area is 198 Å². The van der Waals surface area contributed by atoms with Crippen molar-refractivity contribution in [1.29, 1.82) is 0 Å². The van der Waals surface area contributed by atoms with Crippen molar-refractivity contribution >= 4 is 5.97 Å². The molecule has 0 aromatic carbocycles. The van der Waals surface area contributed by atoms with Gasteiger partial charge in [0.25, 0.3) is 0 Å². The quantitative estimate of drug-likeness (QED) is 0.306. The van der Waals surface area contributed by atoms with Gasteiger partial charge in [-0.15, -0.1) is 0 Å². The van der Waals surface area contributed by atoms with Crippen LogP contribution in [0.3, 0.4) is 0 Å². The van der Waals surface area contributed by atoms with Crippen LogP contribution in [0.2, 0.25) is 0 Å². The molecule has 0 aromatic rings. The highest BCUT2D eigenvalue weighted by Crippen LogP contribution is 2.67. The van der Waals surface area contributed by atoms with Crippen molar-refractivity contribution in [2.75, 3.05) is 0 Å². The van der Waals surface area contributed by atoms with Gasteiger partial charge in [0.15, 0.2) is 0 Å². The van der Waals surface area contributed by atoms with Gasteiger partial charge in [0.2, 0.25) is 0 Å². The monoisotopic (exact) mass is 442 g/mol. The van der Waals surface area contributed by atoms with Crippen molar-refractivity contribution in [2.45, 2.75) is 119 Å². The molecule has 3 saturated carbocycles. The largest absolute Gasteiger partial charge is 0.462 e. The van der Waals surface area contributed by atoms with Crippen LogP contribution in [0.15, 0.2) is 11.6 Å². The molecule has 0 aliphatic heterocycles. The van der Waals surface area contributed by atoms with Gasteiger partial charge in [0.1, 0.15) is 6.10 Å². The summed E-state index contributed by atoms with van der Waals surface area (Å²) in [5, 5.41) is 0. The molecular weight excluding hydrogens is 392 g/mol. The molecule has 0 radical (unpaired) electrons. The first-order chi connectivity index (χ1) is 15.1. The average Bonchev–Trinajstić information content (AvgIpc) is 3.10. The van der Waals surface area contributed by atoms with Crippen LogP contribution in [0.25, 0.3) is 0 Å². The first-order valence-corrected chi connectivity index (χ1v) is 14.0. The number of fused-ring (bicyclic) bond motifs is 5. The number of carbonyl (C=O) groups excluding carboxylic acids is 1. The summed E-state index contributed by atoms with van der Waals surface area (Å²) in [4.78, 5) is 12.4. The lowest BCUT2D eigenvalue weighted by molar-refractivity contribution is -0.156. The fraction of sp³-hybridized carbons (Fsp3) is 0.900. The molecule has 4 aliphatic carbocycles. The Morgan fingerprint density at radius 1 is 1.06 bits per heavy atom. The molecule has 0 spiro atoms. The SMILES string of the molecule is CCC(C)C(=O)OC1CCC2(C)C(=CCC3C2CCC2(C)C(C(C)CC(C)C)CCC32)C1. The molecule has 2 heteroatoms. The fourth-order valence-electron chi connectivity index (χ4n) is 9.06. The lowest BCUT2D eigenvalue weighted by Gasteiger charge is -2.58. The molecule has 0 bridgehead atoms. The topological polar surface area (TPSA) is 26.3 Å². The Hall–Kier alpha value is -0.790. The second kappa shape index (κ2) is 9.10. The summed E-state index contributed by atoms with van der Waals surface area (Å²) >= 11 is 0. The normalized spacial score (nSPS) is 43.0. The Balaban J connectivity index is 1.48. The van der Waals surface area contributed by atoms with Gasteiger partial charge >= 0.3 is 5.97 Å². The van der Waals surface area contributed by atoms with E-state index in [0.29, 0.717) is 10.8 Å². The Bertz CT molecular complexity index is 722. The average molecular weight is 443 g/mol. The number of allylic oxidation sites excluding steroid dienone is 1. The third-order valence-corrected chi connectivity index (χ3v) is 11.0. The van der Waals surface area contributed by atoms with Crippen molar-refractivity contribution in [3.05, 3.63) is 11.6 Å². The molecule has 32 heavy (non-hydrogen) atoms. The van der Waals surface area contributed by atoms with Crippen molar-refractivity contribution in [1.82, 2.24) is 0 Å². The van der Waals surface area contributed by atoms with Gasteiger partial charge in [0, 0.05) is 6.42 Å². The third kappa shape index (κ3) is 4.11. The molecule has 3 fully saturated rings. The van der Waals surface area contributed by atoms with Crippen molar-refractivity contribution in [3.8, 4) is 0 Å². The van der Waals surface area contributed by atoms with Crippen LogP contribution < -0.4 is 0 Å². The standard InChI is InChI=1S/C30H50O2/c1-8-20(4)28(31)32-23-13-15-29(6)22(18-23)9-10-24-26-12-11-25(21(5)17-19(2)3)30(26,7)16-14-27(24)29/h9,19-21,23-27H,8,10-18H2,1-7H3. The van der Waals surface area contributed by atoms with Crippen LogP contribution in [0.4, 0.5) is 0 Å². The highest BCUT2D eigenvalue weighted by atomic mass is 16.5. The predicted molar refractivity (Wildman–Crippen MR) is 133 cm³/mol. The minimum Gasteiger partial charge on any atom is -0.462 e. The van der Waals surface area contributed by atoms with Gasteiger partial charge in [-0.2, -0.15) is 0 Å². The summed E-state index contributed by atoms with van der Waals surface area (Å²) in [7, 11) is 0. The first-order valence-electron chi connectivity index (χ1n) is 14.0. The van der Waals surface area contributed by atoms with Crippen LogP contribution in [0, 0.1) is 52.3 Å². The van der Waals surface area contributed by atoms with E-state index in [1.165, 1.54) is 44.9 Å². The maximum absolute atomic E-state index is 12.4. The molecule has 9 atom stereocenters. The van der Waals surface area contributed by atoms with Crippen molar-refractivity contribution in [2.24, 2.45) is 52.3 Å². The summed E-state index contributed by atoms with van der Waals surface area (Å²) in [5.41, 5.74) is 2.52. The van der Waals surface area contributed by atoms with E-state index in [4.69, 9.17) is 4.74 Å². The first kappa shape index (κ1) is 24.3. The van der Waals surface area contributed by atoms with Crippen LogP contribution in [0.1, 0.15) is 113 Å². The van der Waals surface area contributed by atoms with Gasteiger partial charge in [-0.05, 0) is 104 Å².